The summed E-state index contributed by atoms with van der Waals surface area (Å²) < 4.78 is 10.9. The molecule has 0 radical (unpaired) electrons. The fourth-order valence-electron chi connectivity index (χ4n) is 1.34. The summed E-state index contributed by atoms with van der Waals surface area (Å²) in [7, 11) is -0.694. The summed E-state index contributed by atoms with van der Waals surface area (Å²) in [6.45, 7) is 5.15. The van der Waals surface area contributed by atoms with Crippen LogP contribution in [0.3, 0.4) is 0 Å². The normalized spacial score (nSPS) is 15.1. The lowest BCUT2D eigenvalue weighted by atomic mass is 10.2. The highest BCUT2D eigenvalue weighted by Crippen LogP contribution is 2.23. The van der Waals surface area contributed by atoms with E-state index in [0.717, 1.165) is 18.7 Å². The van der Waals surface area contributed by atoms with Gasteiger partial charge in [-0.2, -0.15) is 0 Å². The Labute approximate surface area is 98.6 Å². The minimum absolute atomic E-state index is 0.374. The molecular formula is C11H19NOS2. The standard InChI is InChI=1S/C11H19NOS2/c1-4-10-5-6-11(14-10)9(2)12-7-8-15(3)13/h5-6,9,12H,4,7-8H2,1-3H3. The molecule has 0 fully saturated rings. The van der Waals surface area contributed by atoms with Crippen LogP contribution in [0.25, 0.3) is 0 Å². The van der Waals surface area contributed by atoms with Gasteiger partial charge in [-0.05, 0) is 25.5 Å². The molecule has 1 N–H and O–H groups in total. The van der Waals surface area contributed by atoms with Crippen LogP contribution >= 0.6 is 11.3 Å². The molecule has 0 saturated carbocycles. The van der Waals surface area contributed by atoms with Gasteiger partial charge < -0.3 is 5.32 Å². The van der Waals surface area contributed by atoms with E-state index in [9.17, 15) is 4.21 Å². The maximum absolute atomic E-state index is 10.9. The van der Waals surface area contributed by atoms with Crippen molar-refractivity contribution in [2.75, 3.05) is 18.6 Å². The Morgan fingerprint density at radius 1 is 1.53 bits per heavy atom. The molecular weight excluding hydrogens is 226 g/mol. The Morgan fingerprint density at radius 2 is 2.27 bits per heavy atom. The molecule has 2 atom stereocenters. The van der Waals surface area contributed by atoms with Crippen LogP contribution in [0.4, 0.5) is 0 Å². The van der Waals surface area contributed by atoms with Gasteiger partial charge in [0, 0.05) is 45.1 Å². The average molecular weight is 245 g/mol. The highest BCUT2D eigenvalue weighted by atomic mass is 32.2. The Kier molecular flexibility index (Phi) is 5.50. The summed E-state index contributed by atoms with van der Waals surface area (Å²) in [4.78, 5) is 2.80. The van der Waals surface area contributed by atoms with Crippen molar-refractivity contribution in [2.24, 2.45) is 0 Å². The largest absolute Gasteiger partial charge is 0.309 e. The third-order valence-electron chi connectivity index (χ3n) is 2.30. The van der Waals surface area contributed by atoms with Crippen molar-refractivity contribution >= 4 is 22.1 Å². The van der Waals surface area contributed by atoms with Gasteiger partial charge in [0.2, 0.25) is 0 Å². The number of rotatable bonds is 6. The number of hydrogen-bond acceptors (Lipinski definition) is 3. The van der Waals surface area contributed by atoms with E-state index in [1.165, 1.54) is 9.75 Å². The SMILES string of the molecule is CCc1ccc(C(C)NCCS(C)=O)s1. The molecule has 0 amide bonds. The van der Waals surface area contributed by atoms with Gasteiger partial charge in [0.25, 0.3) is 0 Å². The first-order chi connectivity index (χ1) is 7.13. The first kappa shape index (κ1) is 12.9. The highest BCUT2D eigenvalue weighted by molar-refractivity contribution is 7.84. The second-order valence-corrected chi connectivity index (χ2v) is 6.37. The third kappa shape index (κ3) is 4.45. The zero-order valence-electron chi connectivity index (χ0n) is 9.58. The van der Waals surface area contributed by atoms with Crippen LogP contribution in [-0.2, 0) is 17.2 Å². The number of aryl methyl sites for hydroxylation is 1. The van der Waals surface area contributed by atoms with Gasteiger partial charge in [-0.15, -0.1) is 11.3 Å². The fourth-order valence-corrected chi connectivity index (χ4v) is 2.72. The van der Waals surface area contributed by atoms with Crippen LogP contribution in [0.2, 0.25) is 0 Å². The topological polar surface area (TPSA) is 29.1 Å². The number of hydrogen-bond donors (Lipinski definition) is 1. The summed E-state index contributed by atoms with van der Waals surface area (Å²) in [6.07, 6.45) is 2.85. The molecule has 1 heterocycles. The molecule has 1 rings (SSSR count). The summed E-state index contributed by atoms with van der Waals surface area (Å²) >= 11 is 1.86. The van der Waals surface area contributed by atoms with Crippen molar-refractivity contribution in [1.82, 2.24) is 5.32 Å². The first-order valence-corrected chi connectivity index (χ1v) is 7.80. The zero-order valence-corrected chi connectivity index (χ0v) is 11.2. The van der Waals surface area contributed by atoms with Crippen molar-refractivity contribution in [1.29, 1.82) is 0 Å². The van der Waals surface area contributed by atoms with Gasteiger partial charge in [-0.25, -0.2) is 0 Å². The predicted molar refractivity (Wildman–Crippen MR) is 69.0 cm³/mol. The van der Waals surface area contributed by atoms with Gasteiger partial charge >= 0.3 is 0 Å². The van der Waals surface area contributed by atoms with Crippen LogP contribution in [0.1, 0.15) is 29.6 Å². The van der Waals surface area contributed by atoms with Crippen LogP contribution in [0.5, 0.6) is 0 Å². The summed E-state index contributed by atoms with van der Waals surface area (Å²) in [5, 5.41) is 3.39. The molecule has 15 heavy (non-hydrogen) atoms. The lowest BCUT2D eigenvalue weighted by Crippen LogP contribution is -2.22. The molecule has 0 bridgehead atoms. The molecule has 0 spiro atoms. The molecule has 1 aromatic rings. The maximum atomic E-state index is 10.9. The van der Waals surface area contributed by atoms with Gasteiger partial charge in [-0.1, -0.05) is 6.92 Å². The molecule has 0 aromatic carbocycles. The lowest BCUT2D eigenvalue weighted by molar-refractivity contribution is 0.605. The molecule has 0 aliphatic heterocycles. The van der Waals surface area contributed by atoms with E-state index in [2.05, 4.69) is 31.3 Å². The molecule has 0 aliphatic carbocycles. The third-order valence-corrected chi connectivity index (χ3v) is 4.49. The molecule has 2 unspecified atom stereocenters. The van der Waals surface area contributed by atoms with E-state index >= 15 is 0 Å². The summed E-state index contributed by atoms with van der Waals surface area (Å²) in [5.74, 6) is 0.732. The van der Waals surface area contributed by atoms with Gasteiger partial charge in [-0.3, -0.25) is 4.21 Å². The second-order valence-electron chi connectivity index (χ2n) is 3.61. The second kappa shape index (κ2) is 6.40. The summed E-state index contributed by atoms with van der Waals surface area (Å²) in [5.41, 5.74) is 0. The molecule has 2 nitrogen and oxygen atoms in total. The molecule has 1 aromatic heterocycles. The number of thiophene rings is 1. The summed E-state index contributed by atoms with van der Waals surface area (Å²) in [6, 6.07) is 4.75. The Balaban J connectivity index is 2.39. The van der Waals surface area contributed by atoms with Crippen molar-refractivity contribution in [3.05, 3.63) is 21.9 Å². The Bertz CT molecular complexity index is 322. The number of nitrogens with one attached hydrogen (secondary N) is 1. The van der Waals surface area contributed by atoms with E-state index in [0.29, 0.717) is 6.04 Å². The van der Waals surface area contributed by atoms with Gasteiger partial charge in [0.1, 0.15) is 0 Å². The van der Waals surface area contributed by atoms with E-state index < -0.39 is 10.8 Å². The van der Waals surface area contributed by atoms with Gasteiger partial charge in [0.15, 0.2) is 0 Å². The van der Waals surface area contributed by atoms with E-state index in [-0.39, 0.29) is 0 Å². The Morgan fingerprint density at radius 3 is 2.80 bits per heavy atom. The average Bonchev–Trinajstić information content (AvgIpc) is 2.65. The monoisotopic (exact) mass is 245 g/mol. The predicted octanol–water partition coefficient (Wildman–Crippen LogP) is 2.34. The van der Waals surface area contributed by atoms with Crippen molar-refractivity contribution < 1.29 is 4.21 Å². The van der Waals surface area contributed by atoms with Crippen LogP contribution in [0.15, 0.2) is 12.1 Å². The molecule has 86 valence electrons. The molecule has 4 heteroatoms. The fraction of sp³-hybridized carbons (Fsp3) is 0.636. The molecule has 0 saturated heterocycles. The lowest BCUT2D eigenvalue weighted by Gasteiger charge is -2.10. The highest BCUT2D eigenvalue weighted by Gasteiger charge is 2.07. The van der Waals surface area contributed by atoms with Gasteiger partial charge in [0.05, 0.1) is 0 Å². The van der Waals surface area contributed by atoms with Crippen molar-refractivity contribution in [2.45, 2.75) is 26.3 Å². The van der Waals surface area contributed by atoms with E-state index in [4.69, 9.17) is 0 Å². The van der Waals surface area contributed by atoms with E-state index in [1.54, 1.807) is 6.26 Å². The zero-order chi connectivity index (χ0) is 11.3. The quantitative estimate of drug-likeness (QED) is 0.833. The van der Waals surface area contributed by atoms with Crippen LogP contribution in [-0.4, -0.2) is 22.8 Å². The first-order valence-electron chi connectivity index (χ1n) is 5.25. The van der Waals surface area contributed by atoms with Crippen molar-refractivity contribution in [3.8, 4) is 0 Å². The maximum Gasteiger partial charge on any atom is 0.0386 e. The smallest absolute Gasteiger partial charge is 0.0386 e. The van der Waals surface area contributed by atoms with E-state index in [1.807, 2.05) is 11.3 Å². The minimum Gasteiger partial charge on any atom is -0.309 e. The van der Waals surface area contributed by atoms with Crippen LogP contribution in [0, 0.1) is 0 Å². The molecule has 0 aliphatic rings. The Hall–Kier alpha value is -0.190. The van der Waals surface area contributed by atoms with Crippen LogP contribution < -0.4 is 5.32 Å². The minimum atomic E-state index is -0.694. The van der Waals surface area contributed by atoms with Crippen molar-refractivity contribution in [3.63, 3.8) is 0 Å².